The number of carbonyl (C=O) groups is 1. The lowest BCUT2D eigenvalue weighted by atomic mass is 10.1. The summed E-state index contributed by atoms with van der Waals surface area (Å²) in [6, 6.07) is 10.9. The van der Waals surface area contributed by atoms with Gasteiger partial charge in [-0.05, 0) is 30.7 Å². The molecule has 0 saturated heterocycles. The number of ether oxygens (including phenoxy) is 3. The number of hydrogen-bond acceptors (Lipinski definition) is 5. The molecule has 2 unspecified atom stereocenters. The number of aromatic nitrogens is 1. The van der Waals surface area contributed by atoms with Gasteiger partial charge in [-0.15, -0.1) is 0 Å². The van der Waals surface area contributed by atoms with Gasteiger partial charge in [-0.25, -0.2) is 4.98 Å². The maximum absolute atomic E-state index is 12.4. The molecule has 0 radical (unpaired) electrons. The van der Waals surface area contributed by atoms with Crippen LogP contribution in [0.5, 0.6) is 17.4 Å². The lowest BCUT2D eigenvalue weighted by molar-refractivity contribution is -0.133. The predicted molar refractivity (Wildman–Crippen MR) is 83.6 cm³/mol. The van der Waals surface area contributed by atoms with Crippen LogP contribution in [0.1, 0.15) is 12.5 Å². The van der Waals surface area contributed by atoms with E-state index >= 15 is 0 Å². The van der Waals surface area contributed by atoms with E-state index in [2.05, 4.69) is 10.3 Å². The molecule has 1 aromatic carbocycles. The summed E-state index contributed by atoms with van der Waals surface area (Å²) in [4.78, 5) is 16.4. The second-order valence-corrected chi connectivity index (χ2v) is 5.23. The molecule has 2 aromatic rings. The Kier molecular flexibility index (Phi) is 4.32. The number of pyridine rings is 1. The molecule has 0 spiro atoms. The maximum atomic E-state index is 12.4. The SMILES string of the molecule is COc1cc(CNC(=O)C2Oc3ccccc3OC2C)ccn1. The molecule has 0 fully saturated rings. The van der Waals surface area contributed by atoms with Crippen molar-refractivity contribution >= 4 is 5.91 Å². The van der Waals surface area contributed by atoms with Gasteiger partial charge in [0.25, 0.3) is 5.91 Å². The molecular formula is C17H18N2O4. The van der Waals surface area contributed by atoms with Crippen LogP contribution in [0.15, 0.2) is 42.6 Å². The number of hydrogen-bond donors (Lipinski definition) is 1. The first-order valence-corrected chi connectivity index (χ1v) is 7.36. The van der Waals surface area contributed by atoms with Gasteiger partial charge in [-0.3, -0.25) is 4.79 Å². The summed E-state index contributed by atoms with van der Waals surface area (Å²) in [5, 5.41) is 2.85. The van der Waals surface area contributed by atoms with E-state index in [0.717, 1.165) is 5.56 Å². The molecule has 23 heavy (non-hydrogen) atoms. The average Bonchev–Trinajstić information content (AvgIpc) is 2.59. The second kappa shape index (κ2) is 6.56. The fourth-order valence-corrected chi connectivity index (χ4v) is 2.37. The lowest BCUT2D eigenvalue weighted by Crippen LogP contribution is -2.48. The zero-order valence-corrected chi connectivity index (χ0v) is 13.0. The molecule has 0 aliphatic carbocycles. The smallest absolute Gasteiger partial charge is 0.265 e. The Morgan fingerprint density at radius 2 is 2.00 bits per heavy atom. The number of methoxy groups -OCH3 is 1. The van der Waals surface area contributed by atoms with Crippen LogP contribution < -0.4 is 19.5 Å². The van der Waals surface area contributed by atoms with Crippen molar-refractivity contribution in [1.29, 1.82) is 0 Å². The number of rotatable bonds is 4. The van der Waals surface area contributed by atoms with Crippen LogP contribution >= 0.6 is 0 Å². The van der Waals surface area contributed by atoms with E-state index < -0.39 is 6.10 Å². The summed E-state index contributed by atoms with van der Waals surface area (Å²) in [5.41, 5.74) is 0.898. The average molecular weight is 314 g/mol. The van der Waals surface area contributed by atoms with Crippen LogP contribution in [0.3, 0.4) is 0 Å². The van der Waals surface area contributed by atoms with Gasteiger partial charge >= 0.3 is 0 Å². The van der Waals surface area contributed by atoms with Crippen LogP contribution in [0.2, 0.25) is 0 Å². The first-order valence-electron chi connectivity index (χ1n) is 7.36. The minimum atomic E-state index is -0.686. The van der Waals surface area contributed by atoms with Gasteiger partial charge in [-0.1, -0.05) is 12.1 Å². The Hall–Kier alpha value is -2.76. The summed E-state index contributed by atoms with van der Waals surface area (Å²) in [7, 11) is 1.55. The first kappa shape index (κ1) is 15.1. The number of benzene rings is 1. The van der Waals surface area contributed by atoms with Crippen LogP contribution in [-0.2, 0) is 11.3 Å². The van der Waals surface area contributed by atoms with Crippen molar-refractivity contribution in [3.8, 4) is 17.4 Å². The summed E-state index contributed by atoms with van der Waals surface area (Å²) >= 11 is 0. The number of fused-ring (bicyclic) bond motifs is 1. The Balaban J connectivity index is 1.64. The number of carbonyl (C=O) groups excluding carboxylic acids is 1. The van der Waals surface area contributed by atoms with Gasteiger partial charge in [0, 0.05) is 18.8 Å². The highest BCUT2D eigenvalue weighted by molar-refractivity contribution is 5.82. The lowest BCUT2D eigenvalue weighted by Gasteiger charge is -2.31. The third-order valence-electron chi connectivity index (χ3n) is 3.58. The molecular weight excluding hydrogens is 296 g/mol. The molecule has 6 nitrogen and oxygen atoms in total. The van der Waals surface area contributed by atoms with E-state index in [0.29, 0.717) is 23.9 Å². The Bertz CT molecular complexity index is 704. The highest BCUT2D eigenvalue weighted by atomic mass is 16.6. The minimum absolute atomic E-state index is 0.220. The number of nitrogens with one attached hydrogen (secondary N) is 1. The molecule has 2 atom stereocenters. The van der Waals surface area contributed by atoms with E-state index in [9.17, 15) is 4.79 Å². The highest BCUT2D eigenvalue weighted by Crippen LogP contribution is 2.33. The number of nitrogens with zero attached hydrogens (tertiary/aromatic N) is 1. The zero-order chi connectivity index (χ0) is 16.2. The minimum Gasteiger partial charge on any atom is -0.482 e. The monoisotopic (exact) mass is 314 g/mol. The Labute approximate surface area is 134 Å². The summed E-state index contributed by atoms with van der Waals surface area (Å²) in [5.74, 6) is 1.53. The van der Waals surface area contributed by atoms with Crippen molar-refractivity contribution < 1.29 is 19.0 Å². The molecule has 1 aromatic heterocycles. The largest absolute Gasteiger partial charge is 0.482 e. The molecule has 1 amide bonds. The quantitative estimate of drug-likeness (QED) is 0.934. The summed E-state index contributed by atoms with van der Waals surface area (Å²) in [6.45, 7) is 2.18. The van der Waals surface area contributed by atoms with Crippen LogP contribution in [-0.4, -0.2) is 30.2 Å². The van der Waals surface area contributed by atoms with Crippen molar-refractivity contribution in [1.82, 2.24) is 10.3 Å². The van der Waals surface area contributed by atoms with Gasteiger partial charge in [0.05, 0.1) is 7.11 Å². The second-order valence-electron chi connectivity index (χ2n) is 5.23. The maximum Gasteiger partial charge on any atom is 0.265 e. The molecule has 1 aliphatic heterocycles. The van der Waals surface area contributed by atoms with Gasteiger partial charge < -0.3 is 19.5 Å². The van der Waals surface area contributed by atoms with Crippen molar-refractivity contribution in [2.24, 2.45) is 0 Å². The van der Waals surface area contributed by atoms with Gasteiger partial charge in [-0.2, -0.15) is 0 Å². The fourth-order valence-electron chi connectivity index (χ4n) is 2.37. The molecule has 120 valence electrons. The van der Waals surface area contributed by atoms with Gasteiger partial charge in [0.2, 0.25) is 12.0 Å². The van der Waals surface area contributed by atoms with Crippen LogP contribution in [0, 0.1) is 0 Å². The topological polar surface area (TPSA) is 69.7 Å². The van der Waals surface area contributed by atoms with Crippen LogP contribution in [0.4, 0.5) is 0 Å². The molecule has 6 heteroatoms. The molecule has 0 bridgehead atoms. The number of para-hydroxylation sites is 2. The molecule has 1 aliphatic rings. The van der Waals surface area contributed by atoms with E-state index in [-0.39, 0.29) is 12.0 Å². The molecule has 0 saturated carbocycles. The Morgan fingerprint density at radius 1 is 1.26 bits per heavy atom. The molecule has 2 heterocycles. The van der Waals surface area contributed by atoms with Crippen molar-refractivity contribution in [3.05, 3.63) is 48.2 Å². The van der Waals surface area contributed by atoms with Crippen LogP contribution in [0.25, 0.3) is 0 Å². The first-order chi connectivity index (χ1) is 11.2. The van der Waals surface area contributed by atoms with Crippen molar-refractivity contribution in [2.75, 3.05) is 7.11 Å². The summed E-state index contributed by atoms with van der Waals surface area (Å²) in [6.07, 6.45) is 0.588. The predicted octanol–water partition coefficient (Wildman–Crippen LogP) is 1.93. The highest BCUT2D eigenvalue weighted by Gasteiger charge is 2.33. The third-order valence-corrected chi connectivity index (χ3v) is 3.58. The standard InChI is InChI=1S/C17H18N2O4/c1-11-16(23-14-6-4-3-5-13(14)22-11)17(20)19-10-12-7-8-18-15(9-12)21-2/h3-9,11,16H,10H2,1-2H3,(H,19,20). The van der Waals surface area contributed by atoms with Crippen molar-refractivity contribution in [3.63, 3.8) is 0 Å². The van der Waals surface area contributed by atoms with E-state index in [4.69, 9.17) is 14.2 Å². The fraction of sp³-hybridized carbons (Fsp3) is 0.294. The molecule has 1 N–H and O–H groups in total. The Morgan fingerprint density at radius 3 is 2.74 bits per heavy atom. The van der Waals surface area contributed by atoms with E-state index in [1.54, 1.807) is 25.4 Å². The molecule has 3 rings (SSSR count). The van der Waals surface area contributed by atoms with E-state index in [1.807, 2.05) is 31.2 Å². The normalized spacial score (nSPS) is 19.0. The van der Waals surface area contributed by atoms with Gasteiger partial charge in [0.15, 0.2) is 11.5 Å². The van der Waals surface area contributed by atoms with E-state index in [1.165, 1.54) is 0 Å². The number of amides is 1. The zero-order valence-electron chi connectivity index (χ0n) is 13.0. The van der Waals surface area contributed by atoms with Gasteiger partial charge in [0.1, 0.15) is 6.10 Å². The third kappa shape index (κ3) is 3.36. The summed E-state index contributed by atoms with van der Waals surface area (Å²) < 4.78 is 16.6. The van der Waals surface area contributed by atoms with Crippen molar-refractivity contribution in [2.45, 2.75) is 25.7 Å².